The molecule has 0 spiro atoms. The number of rotatable bonds is 4. The number of halogens is 2. The lowest BCUT2D eigenvalue weighted by atomic mass is 10.1. The van der Waals surface area contributed by atoms with E-state index in [2.05, 4.69) is 39.2 Å². The molecule has 3 rings (SSSR count). The van der Waals surface area contributed by atoms with Crippen LogP contribution in [0.25, 0.3) is 11.0 Å². The average Bonchev–Trinajstić information content (AvgIpc) is 2.86. The van der Waals surface area contributed by atoms with E-state index >= 15 is 0 Å². The van der Waals surface area contributed by atoms with E-state index in [-0.39, 0.29) is 0 Å². The summed E-state index contributed by atoms with van der Waals surface area (Å²) < 4.78 is 6.67. The first kappa shape index (κ1) is 14.4. The predicted molar refractivity (Wildman–Crippen MR) is 89.9 cm³/mol. The van der Waals surface area contributed by atoms with E-state index in [1.54, 1.807) is 6.20 Å². The molecule has 21 heavy (non-hydrogen) atoms. The summed E-state index contributed by atoms with van der Waals surface area (Å²) >= 11 is 9.29. The van der Waals surface area contributed by atoms with Crippen LogP contribution in [0.1, 0.15) is 18.2 Å². The van der Waals surface area contributed by atoms with Crippen molar-refractivity contribution >= 4 is 44.2 Å². The number of nitrogens with zero attached hydrogens (tertiary/aromatic N) is 1. The molecule has 2 heterocycles. The van der Waals surface area contributed by atoms with E-state index in [0.29, 0.717) is 11.7 Å². The van der Waals surface area contributed by atoms with Gasteiger partial charge in [0.25, 0.3) is 0 Å². The van der Waals surface area contributed by atoms with Crippen molar-refractivity contribution in [1.82, 2.24) is 4.98 Å². The molecule has 0 aliphatic heterocycles. The molecule has 0 unspecified atom stereocenters. The van der Waals surface area contributed by atoms with Crippen molar-refractivity contribution in [3.63, 3.8) is 0 Å². The molecule has 1 aromatic carbocycles. The van der Waals surface area contributed by atoms with Crippen LogP contribution in [0, 0.1) is 0 Å². The Morgan fingerprint density at radius 3 is 2.90 bits per heavy atom. The summed E-state index contributed by atoms with van der Waals surface area (Å²) in [6, 6.07) is 10.0. The van der Waals surface area contributed by atoms with E-state index in [0.717, 1.165) is 33.3 Å². The topological polar surface area (TPSA) is 38.1 Å². The zero-order valence-corrected chi connectivity index (χ0v) is 13.8. The number of aryl methyl sites for hydroxylation is 1. The summed E-state index contributed by atoms with van der Waals surface area (Å²) in [5.41, 5.74) is 3.04. The van der Waals surface area contributed by atoms with Crippen molar-refractivity contribution in [3.8, 4) is 0 Å². The summed E-state index contributed by atoms with van der Waals surface area (Å²) in [5, 5.41) is 4.99. The van der Waals surface area contributed by atoms with Gasteiger partial charge in [-0.1, -0.05) is 36.7 Å². The summed E-state index contributed by atoms with van der Waals surface area (Å²) in [5.74, 6) is 1.02. The van der Waals surface area contributed by atoms with Crippen LogP contribution >= 0.6 is 27.5 Å². The Kier molecular flexibility index (Phi) is 4.17. The molecule has 0 radical (unpaired) electrons. The maximum absolute atomic E-state index is 5.91. The van der Waals surface area contributed by atoms with Crippen LogP contribution < -0.4 is 5.32 Å². The van der Waals surface area contributed by atoms with Gasteiger partial charge in [-0.3, -0.25) is 0 Å². The number of hydrogen-bond acceptors (Lipinski definition) is 3. The highest BCUT2D eigenvalue weighted by molar-refractivity contribution is 9.10. The SMILES string of the molecule is CCc1oc2ccccc2c1CNc1cnc(Cl)c(Br)c1. The zero-order chi connectivity index (χ0) is 14.8. The molecule has 0 aliphatic carbocycles. The van der Waals surface area contributed by atoms with Gasteiger partial charge in [0.15, 0.2) is 0 Å². The molecule has 2 aromatic heterocycles. The Hall–Kier alpha value is -1.52. The molecule has 0 aliphatic rings. The Balaban J connectivity index is 1.89. The van der Waals surface area contributed by atoms with Gasteiger partial charge in [0, 0.05) is 23.9 Å². The van der Waals surface area contributed by atoms with E-state index in [1.807, 2.05) is 24.3 Å². The van der Waals surface area contributed by atoms with Crippen molar-refractivity contribution in [2.45, 2.75) is 19.9 Å². The van der Waals surface area contributed by atoms with Gasteiger partial charge in [-0.15, -0.1) is 0 Å². The first-order valence-electron chi connectivity index (χ1n) is 6.73. The van der Waals surface area contributed by atoms with Crippen molar-refractivity contribution < 1.29 is 4.42 Å². The molecule has 0 bridgehead atoms. The highest BCUT2D eigenvalue weighted by Crippen LogP contribution is 2.28. The summed E-state index contributed by atoms with van der Waals surface area (Å²) in [6.45, 7) is 2.79. The Morgan fingerprint density at radius 1 is 1.33 bits per heavy atom. The minimum Gasteiger partial charge on any atom is -0.461 e. The molecule has 0 saturated carbocycles. The maximum Gasteiger partial charge on any atom is 0.143 e. The zero-order valence-electron chi connectivity index (χ0n) is 11.5. The van der Waals surface area contributed by atoms with Crippen molar-refractivity contribution in [2.24, 2.45) is 0 Å². The van der Waals surface area contributed by atoms with Gasteiger partial charge in [-0.25, -0.2) is 4.98 Å². The predicted octanol–water partition coefficient (Wildman–Crippen LogP) is 5.42. The third-order valence-corrected chi connectivity index (χ3v) is 4.50. The standard InChI is InChI=1S/C16H14BrClN2O/c1-2-14-12(11-5-3-4-6-15(11)21-14)9-19-10-7-13(17)16(18)20-8-10/h3-8,19H,2,9H2,1H3. The molecule has 0 fully saturated rings. The number of furan rings is 1. The van der Waals surface area contributed by atoms with E-state index in [1.165, 1.54) is 5.56 Å². The molecule has 0 amide bonds. The van der Waals surface area contributed by atoms with Crippen molar-refractivity contribution in [2.75, 3.05) is 5.32 Å². The van der Waals surface area contributed by atoms with Gasteiger partial charge in [0.2, 0.25) is 0 Å². The third-order valence-electron chi connectivity index (χ3n) is 3.37. The van der Waals surface area contributed by atoms with Gasteiger partial charge in [-0.05, 0) is 28.1 Å². The van der Waals surface area contributed by atoms with Crippen molar-refractivity contribution in [1.29, 1.82) is 0 Å². The maximum atomic E-state index is 5.91. The lowest BCUT2D eigenvalue weighted by Crippen LogP contribution is -2.01. The Bertz CT molecular complexity index is 785. The van der Waals surface area contributed by atoms with Gasteiger partial charge in [0.1, 0.15) is 16.5 Å². The minimum atomic E-state index is 0.462. The molecule has 5 heteroatoms. The van der Waals surface area contributed by atoms with Crippen LogP contribution in [-0.4, -0.2) is 4.98 Å². The summed E-state index contributed by atoms with van der Waals surface area (Å²) in [6.07, 6.45) is 2.59. The Labute approximate surface area is 136 Å². The largest absolute Gasteiger partial charge is 0.461 e. The molecular weight excluding hydrogens is 352 g/mol. The first-order chi connectivity index (χ1) is 10.2. The number of anilines is 1. The number of aromatic nitrogens is 1. The Morgan fingerprint density at radius 2 is 2.14 bits per heavy atom. The first-order valence-corrected chi connectivity index (χ1v) is 7.90. The summed E-state index contributed by atoms with van der Waals surface area (Å²) in [4.78, 5) is 4.12. The number of nitrogens with one attached hydrogen (secondary N) is 1. The molecule has 3 aromatic rings. The fraction of sp³-hybridized carbons (Fsp3) is 0.188. The highest BCUT2D eigenvalue weighted by Gasteiger charge is 2.12. The average molecular weight is 366 g/mol. The molecule has 3 nitrogen and oxygen atoms in total. The van der Waals surface area contributed by atoms with E-state index in [9.17, 15) is 0 Å². The fourth-order valence-electron chi connectivity index (χ4n) is 2.34. The van der Waals surface area contributed by atoms with Gasteiger partial charge < -0.3 is 9.73 Å². The van der Waals surface area contributed by atoms with Crippen LogP contribution in [0.3, 0.4) is 0 Å². The second-order valence-corrected chi connectivity index (χ2v) is 5.92. The highest BCUT2D eigenvalue weighted by atomic mass is 79.9. The summed E-state index contributed by atoms with van der Waals surface area (Å²) in [7, 11) is 0. The second kappa shape index (κ2) is 6.08. The van der Waals surface area contributed by atoms with Crippen LogP contribution in [0.15, 0.2) is 45.4 Å². The lowest BCUT2D eigenvalue weighted by Gasteiger charge is -2.07. The molecule has 1 N–H and O–H groups in total. The second-order valence-electron chi connectivity index (χ2n) is 4.70. The molecular formula is C16H14BrClN2O. The van der Waals surface area contributed by atoms with E-state index in [4.69, 9.17) is 16.0 Å². The van der Waals surface area contributed by atoms with Crippen LogP contribution in [0.2, 0.25) is 5.15 Å². The number of fused-ring (bicyclic) bond motifs is 1. The molecule has 108 valence electrons. The fourth-order valence-corrected chi connectivity index (χ4v) is 2.79. The number of pyridine rings is 1. The lowest BCUT2D eigenvalue weighted by molar-refractivity contribution is 0.551. The van der Waals surface area contributed by atoms with Crippen LogP contribution in [-0.2, 0) is 13.0 Å². The number of hydrogen-bond donors (Lipinski definition) is 1. The minimum absolute atomic E-state index is 0.462. The van der Waals surface area contributed by atoms with Gasteiger partial charge >= 0.3 is 0 Å². The van der Waals surface area contributed by atoms with Crippen LogP contribution in [0.4, 0.5) is 5.69 Å². The quantitative estimate of drug-likeness (QED) is 0.627. The van der Waals surface area contributed by atoms with Crippen molar-refractivity contribution in [3.05, 3.63) is 57.5 Å². The molecule has 0 atom stereocenters. The number of benzene rings is 1. The number of para-hydroxylation sites is 1. The van der Waals surface area contributed by atoms with Gasteiger partial charge in [-0.2, -0.15) is 0 Å². The van der Waals surface area contributed by atoms with Crippen LogP contribution in [0.5, 0.6) is 0 Å². The normalized spacial score (nSPS) is 11.0. The molecule has 0 saturated heterocycles. The van der Waals surface area contributed by atoms with E-state index < -0.39 is 0 Å². The van der Waals surface area contributed by atoms with Gasteiger partial charge in [0.05, 0.1) is 16.4 Å². The third kappa shape index (κ3) is 2.92. The monoisotopic (exact) mass is 364 g/mol. The smallest absolute Gasteiger partial charge is 0.143 e.